The van der Waals surface area contributed by atoms with E-state index in [2.05, 4.69) is 57.9 Å². The normalized spacial score (nSPS) is 14.3. The average Bonchev–Trinajstić information content (AvgIpc) is 3.05. The zero-order chi connectivity index (χ0) is 19.5. The molecule has 6 heteroatoms. The first-order chi connectivity index (χ1) is 13.7. The molecule has 0 spiro atoms. The zero-order valence-electron chi connectivity index (χ0n) is 16.5. The van der Waals surface area contributed by atoms with Crippen molar-refractivity contribution in [2.45, 2.75) is 20.0 Å². The second-order valence-corrected chi connectivity index (χ2v) is 7.28. The molecule has 0 bridgehead atoms. The molecule has 2 heterocycles. The fraction of sp³-hybridized carbons (Fsp3) is 0.318. The van der Waals surface area contributed by atoms with Gasteiger partial charge in [-0.05, 0) is 12.5 Å². The van der Waals surface area contributed by atoms with E-state index < -0.39 is 0 Å². The summed E-state index contributed by atoms with van der Waals surface area (Å²) in [5.74, 6) is 0.535. The lowest BCUT2D eigenvalue weighted by atomic mass is 10.1. The van der Waals surface area contributed by atoms with Crippen LogP contribution in [0.3, 0.4) is 0 Å². The molecule has 2 N–H and O–H groups in total. The Morgan fingerprint density at radius 3 is 2.54 bits per heavy atom. The molecule has 1 aliphatic heterocycles. The topological polar surface area (TPSA) is 59.5 Å². The number of aryl methyl sites for hydroxylation is 1. The van der Waals surface area contributed by atoms with Crippen LogP contribution >= 0.6 is 0 Å². The summed E-state index contributed by atoms with van der Waals surface area (Å²) >= 11 is 0. The zero-order valence-corrected chi connectivity index (χ0v) is 16.5. The predicted molar refractivity (Wildman–Crippen MR) is 112 cm³/mol. The van der Waals surface area contributed by atoms with Crippen molar-refractivity contribution in [2.75, 3.05) is 37.7 Å². The van der Waals surface area contributed by atoms with Crippen molar-refractivity contribution >= 4 is 5.95 Å². The summed E-state index contributed by atoms with van der Waals surface area (Å²) in [7, 11) is 1.74. The van der Waals surface area contributed by atoms with Crippen molar-refractivity contribution in [3.8, 4) is 11.3 Å². The summed E-state index contributed by atoms with van der Waals surface area (Å²) < 4.78 is 7.40. The van der Waals surface area contributed by atoms with Crippen LogP contribution in [0.4, 0.5) is 5.95 Å². The van der Waals surface area contributed by atoms with Crippen LogP contribution in [-0.2, 0) is 17.8 Å². The van der Waals surface area contributed by atoms with Gasteiger partial charge in [0.1, 0.15) is 0 Å². The van der Waals surface area contributed by atoms with Crippen LogP contribution in [-0.4, -0.2) is 41.5 Å². The summed E-state index contributed by atoms with van der Waals surface area (Å²) in [5.41, 5.74) is 12.1. The fourth-order valence-corrected chi connectivity index (χ4v) is 3.70. The fourth-order valence-electron chi connectivity index (χ4n) is 3.70. The third-order valence-electron chi connectivity index (χ3n) is 5.14. The minimum Gasteiger partial charge on any atom is -0.383 e. The quantitative estimate of drug-likeness (QED) is 0.716. The van der Waals surface area contributed by atoms with Crippen molar-refractivity contribution in [1.82, 2.24) is 14.6 Å². The van der Waals surface area contributed by atoms with Crippen LogP contribution in [0.5, 0.6) is 0 Å². The molecule has 0 unspecified atom stereocenters. The van der Waals surface area contributed by atoms with Crippen molar-refractivity contribution in [3.63, 3.8) is 0 Å². The van der Waals surface area contributed by atoms with E-state index in [1.54, 1.807) is 7.11 Å². The maximum Gasteiger partial charge on any atom is 0.220 e. The van der Waals surface area contributed by atoms with E-state index in [1.165, 1.54) is 11.1 Å². The maximum absolute atomic E-state index is 6.38. The number of methoxy groups -OCH3 is 1. The van der Waals surface area contributed by atoms with E-state index in [-0.39, 0.29) is 0 Å². The highest BCUT2D eigenvalue weighted by Gasteiger charge is 2.28. The highest BCUT2D eigenvalue weighted by Crippen LogP contribution is 2.29. The predicted octanol–water partition coefficient (Wildman–Crippen LogP) is 3.00. The van der Waals surface area contributed by atoms with E-state index in [9.17, 15) is 0 Å². The van der Waals surface area contributed by atoms with Gasteiger partial charge in [-0.1, -0.05) is 60.2 Å². The number of benzene rings is 2. The lowest BCUT2D eigenvalue weighted by Gasteiger charge is -2.39. The molecule has 146 valence electrons. The van der Waals surface area contributed by atoms with Gasteiger partial charge in [-0.3, -0.25) is 9.91 Å². The molecule has 6 nitrogen and oxygen atoms in total. The smallest absolute Gasteiger partial charge is 0.220 e. The Labute approximate surface area is 166 Å². The number of hydrogen-bond donors (Lipinski definition) is 1. The van der Waals surface area contributed by atoms with Gasteiger partial charge in [0.25, 0.3) is 0 Å². The van der Waals surface area contributed by atoms with Crippen molar-refractivity contribution < 1.29 is 4.74 Å². The molecule has 0 saturated heterocycles. The largest absolute Gasteiger partial charge is 0.383 e. The Bertz CT molecular complexity index is 920. The lowest BCUT2D eigenvalue weighted by Crippen LogP contribution is -2.50. The molecule has 0 radical (unpaired) electrons. The number of nitrogens with zero attached hydrogens (tertiary/aromatic N) is 4. The Balaban J connectivity index is 1.71. The Kier molecular flexibility index (Phi) is 5.32. The first-order valence-corrected chi connectivity index (χ1v) is 9.60. The lowest BCUT2D eigenvalue weighted by molar-refractivity contribution is 0.127. The summed E-state index contributed by atoms with van der Waals surface area (Å²) in [6, 6.07) is 18.9. The first kappa shape index (κ1) is 18.5. The number of anilines is 1. The second kappa shape index (κ2) is 8.04. The molecule has 0 atom stereocenters. The van der Waals surface area contributed by atoms with Gasteiger partial charge in [0.05, 0.1) is 31.2 Å². The van der Waals surface area contributed by atoms with Crippen LogP contribution < -0.4 is 10.7 Å². The van der Waals surface area contributed by atoms with E-state index in [4.69, 9.17) is 15.5 Å². The number of nitrogen functional groups attached to an aromatic ring is 1. The van der Waals surface area contributed by atoms with Gasteiger partial charge < -0.3 is 10.5 Å². The third kappa shape index (κ3) is 3.74. The molecule has 0 aliphatic carbocycles. The van der Waals surface area contributed by atoms with Gasteiger partial charge in [0, 0.05) is 25.8 Å². The van der Waals surface area contributed by atoms with Crippen molar-refractivity contribution in [1.29, 1.82) is 0 Å². The molecule has 0 amide bonds. The summed E-state index contributed by atoms with van der Waals surface area (Å²) in [6.45, 7) is 6.00. The average molecular weight is 377 g/mol. The Morgan fingerprint density at radius 2 is 1.82 bits per heavy atom. The molecule has 4 rings (SSSR count). The van der Waals surface area contributed by atoms with E-state index >= 15 is 0 Å². The van der Waals surface area contributed by atoms with Gasteiger partial charge in [0.15, 0.2) is 0 Å². The number of rotatable bonds is 6. The van der Waals surface area contributed by atoms with E-state index in [1.807, 2.05) is 18.2 Å². The maximum atomic E-state index is 6.38. The molecule has 1 aliphatic rings. The number of ether oxygens (including phenoxy) is 1. The molecular weight excluding hydrogens is 350 g/mol. The molecule has 1 aromatic heterocycles. The van der Waals surface area contributed by atoms with Crippen LogP contribution in [0.25, 0.3) is 11.3 Å². The summed E-state index contributed by atoms with van der Waals surface area (Å²) in [6.07, 6.45) is 0. The van der Waals surface area contributed by atoms with E-state index in [0.29, 0.717) is 12.6 Å². The highest BCUT2D eigenvalue weighted by atomic mass is 16.5. The Hall–Kier alpha value is -2.83. The molecule has 0 fully saturated rings. The number of nitrogens with two attached hydrogens (primary N) is 1. The van der Waals surface area contributed by atoms with Crippen molar-refractivity contribution in [2.24, 2.45) is 0 Å². The molecule has 3 aromatic rings. The molecule has 0 saturated carbocycles. The van der Waals surface area contributed by atoms with Crippen LogP contribution in [0, 0.1) is 6.92 Å². The number of aromatic nitrogens is 2. The highest BCUT2D eigenvalue weighted by molar-refractivity contribution is 5.64. The van der Waals surface area contributed by atoms with Gasteiger partial charge in [-0.2, -0.15) is 0 Å². The number of hydrogen-bond acceptors (Lipinski definition) is 5. The summed E-state index contributed by atoms with van der Waals surface area (Å²) in [4.78, 5) is 7.10. The van der Waals surface area contributed by atoms with Crippen LogP contribution in [0.15, 0.2) is 54.6 Å². The Morgan fingerprint density at radius 1 is 1.07 bits per heavy atom. The van der Waals surface area contributed by atoms with Gasteiger partial charge in [-0.15, -0.1) is 0 Å². The molecular formula is C22H27N5O. The molecule has 2 aromatic carbocycles. The SMILES string of the molecule is COCCN1Cc2c(-c3ccccc3)nc(N)n2N(Cc2ccc(C)cc2)C1. The minimum absolute atomic E-state index is 0.535. The minimum atomic E-state index is 0.535. The molecule has 28 heavy (non-hydrogen) atoms. The monoisotopic (exact) mass is 377 g/mol. The number of imidazole rings is 1. The second-order valence-electron chi connectivity index (χ2n) is 7.28. The van der Waals surface area contributed by atoms with E-state index in [0.717, 1.165) is 43.3 Å². The van der Waals surface area contributed by atoms with Crippen molar-refractivity contribution in [3.05, 3.63) is 71.4 Å². The first-order valence-electron chi connectivity index (χ1n) is 9.60. The summed E-state index contributed by atoms with van der Waals surface area (Å²) in [5, 5.41) is 2.26. The number of fused-ring (bicyclic) bond motifs is 1. The van der Waals surface area contributed by atoms with Gasteiger partial charge in [0.2, 0.25) is 5.95 Å². The van der Waals surface area contributed by atoms with Crippen LogP contribution in [0.1, 0.15) is 16.8 Å². The van der Waals surface area contributed by atoms with Crippen LogP contribution in [0.2, 0.25) is 0 Å². The van der Waals surface area contributed by atoms with Gasteiger partial charge >= 0.3 is 0 Å². The third-order valence-corrected chi connectivity index (χ3v) is 5.14. The van der Waals surface area contributed by atoms with Gasteiger partial charge in [-0.25, -0.2) is 9.66 Å². The standard InChI is InChI=1S/C22H27N5O/c1-17-8-10-18(11-9-17)14-26-16-25(12-13-28-2)15-20-21(24-22(23)27(20)26)19-6-4-3-5-7-19/h3-11H,12-16H2,1-2H3,(H2,23,24).